The molecule has 0 amide bonds. The van der Waals surface area contributed by atoms with E-state index < -0.39 is 0 Å². The van der Waals surface area contributed by atoms with Crippen LogP contribution in [0.5, 0.6) is 0 Å². The molecule has 0 aliphatic heterocycles. The van der Waals surface area contributed by atoms with Gasteiger partial charge in [-0.1, -0.05) is 12.8 Å². The Kier molecular flexibility index (Phi) is 3.26. The molecule has 6 heteroatoms. The highest BCUT2D eigenvalue weighted by molar-refractivity contribution is 9.10. The Labute approximate surface area is 119 Å². The first kappa shape index (κ1) is 12.6. The first-order valence-electron chi connectivity index (χ1n) is 6.43. The average Bonchev–Trinajstić information content (AvgIpc) is 3.03. The number of imidazole rings is 1. The van der Waals surface area contributed by atoms with Crippen LogP contribution in [0.2, 0.25) is 0 Å². The molecule has 0 atom stereocenters. The van der Waals surface area contributed by atoms with E-state index in [0.717, 1.165) is 24.2 Å². The molecule has 0 radical (unpaired) electrons. The van der Waals surface area contributed by atoms with Gasteiger partial charge in [-0.2, -0.15) is 0 Å². The molecule has 2 aromatic rings. The maximum atomic E-state index is 12.1. The third kappa shape index (κ3) is 2.25. The summed E-state index contributed by atoms with van der Waals surface area (Å²) in [6.07, 6.45) is 8.07. The first-order chi connectivity index (χ1) is 9.16. The van der Waals surface area contributed by atoms with Crippen LogP contribution in [0, 0.1) is 0 Å². The minimum absolute atomic E-state index is 0.117. The molecule has 19 heavy (non-hydrogen) atoms. The maximum absolute atomic E-state index is 12.1. The van der Waals surface area contributed by atoms with E-state index in [1.54, 1.807) is 12.5 Å². The highest BCUT2D eigenvalue weighted by Gasteiger charge is 2.23. The van der Waals surface area contributed by atoms with Crippen molar-refractivity contribution in [3.05, 3.63) is 33.0 Å². The molecule has 0 spiro atoms. The predicted octanol–water partition coefficient (Wildman–Crippen LogP) is 2.59. The fourth-order valence-electron chi connectivity index (χ4n) is 2.65. The number of aromatic amines is 1. The lowest BCUT2D eigenvalue weighted by atomic mass is 10.0. The molecule has 0 saturated heterocycles. The Balaban J connectivity index is 2.12. The Morgan fingerprint density at radius 2 is 2.16 bits per heavy atom. The van der Waals surface area contributed by atoms with E-state index in [9.17, 15) is 4.79 Å². The molecule has 0 bridgehead atoms. The van der Waals surface area contributed by atoms with Crippen molar-refractivity contribution in [2.45, 2.75) is 31.6 Å². The van der Waals surface area contributed by atoms with Gasteiger partial charge in [-0.3, -0.25) is 4.79 Å². The smallest absolute Gasteiger partial charge is 0.265 e. The lowest BCUT2D eigenvalue weighted by Crippen LogP contribution is -2.16. The van der Waals surface area contributed by atoms with Crippen LogP contribution < -0.4 is 5.56 Å². The quantitative estimate of drug-likeness (QED) is 0.924. The molecule has 0 aromatic carbocycles. The van der Waals surface area contributed by atoms with Crippen LogP contribution in [0.15, 0.2) is 21.8 Å². The highest BCUT2D eigenvalue weighted by Crippen LogP contribution is 2.35. The van der Waals surface area contributed by atoms with Crippen LogP contribution in [0.25, 0.3) is 11.5 Å². The largest absolute Gasteiger partial charge is 0.331 e. The molecule has 1 saturated carbocycles. The summed E-state index contributed by atoms with van der Waals surface area (Å²) in [6.45, 7) is 0. The number of H-pyrrole nitrogens is 1. The van der Waals surface area contributed by atoms with Crippen LogP contribution in [0.4, 0.5) is 0 Å². The number of hydrogen-bond acceptors (Lipinski definition) is 3. The van der Waals surface area contributed by atoms with Crippen LogP contribution in [-0.4, -0.2) is 19.5 Å². The summed E-state index contributed by atoms with van der Waals surface area (Å²) in [4.78, 5) is 23.6. The summed E-state index contributed by atoms with van der Waals surface area (Å²) in [5.41, 5.74) is 1.59. The normalized spacial score (nSPS) is 16.1. The van der Waals surface area contributed by atoms with Crippen molar-refractivity contribution in [3.8, 4) is 11.5 Å². The van der Waals surface area contributed by atoms with Crippen LogP contribution in [0.1, 0.15) is 37.3 Å². The van der Waals surface area contributed by atoms with Gasteiger partial charge >= 0.3 is 0 Å². The van der Waals surface area contributed by atoms with Crippen molar-refractivity contribution in [1.29, 1.82) is 0 Å². The van der Waals surface area contributed by atoms with Gasteiger partial charge in [0, 0.05) is 13.0 Å². The predicted molar refractivity (Wildman–Crippen MR) is 76.0 cm³/mol. The van der Waals surface area contributed by atoms with Gasteiger partial charge in [-0.15, -0.1) is 0 Å². The van der Waals surface area contributed by atoms with Crippen LogP contribution in [-0.2, 0) is 7.05 Å². The number of aromatic nitrogens is 4. The minimum atomic E-state index is -0.117. The van der Waals surface area contributed by atoms with E-state index >= 15 is 0 Å². The molecule has 0 unspecified atom stereocenters. The Morgan fingerprint density at radius 1 is 1.42 bits per heavy atom. The molecule has 1 aliphatic carbocycles. The number of rotatable bonds is 2. The van der Waals surface area contributed by atoms with Crippen molar-refractivity contribution in [2.75, 3.05) is 0 Å². The summed E-state index contributed by atoms with van der Waals surface area (Å²) < 4.78 is 2.43. The summed E-state index contributed by atoms with van der Waals surface area (Å²) in [5, 5.41) is 0. The van der Waals surface area contributed by atoms with E-state index in [0.29, 0.717) is 16.2 Å². The lowest BCUT2D eigenvalue weighted by Gasteiger charge is -2.12. The van der Waals surface area contributed by atoms with Gasteiger partial charge in [-0.05, 0) is 28.8 Å². The SMILES string of the molecule is Cn1cncc1-c1nc(C2CCCC2)c(Br)c(=O)[nH]1. The van der Waals surface area contributed by atoms with Crippen LogP contribution in [0.3, 0.4) is 0 Å². The molecule has 3 rings (SSSR count). The molecule has 2 aromatic heterocycles. The zero-order valence-corrected chi connectivity index (χ0v) is 12.3. The van der Waals surface area contributed by atoms with Gasteiger partial charge in [-0.25, -0.2) is 9.97 Å². The van der Waals surface area contributed by atoms with E-state index in [4.69, 9.17) is 0 Å². The first-order valence-corrected chi connectivity index (χ1v) is 7.22. The summed E-state index contributed by atoms with van der Waals surface area (Å²) in [6, 6.07) is 0. The van der Waals surface area contributed by atoms with E-state index in [1.807, 2.05) is 11.6 Å². The molecule has 2 heterocycles. The van der Waals surface area contributed by atoms with Gasteiger partial charge in [0.2, 0.25) is 0 Å². The fourth-order valence-corrected chi connectivity index (χ4v) is 3.16. The minimum Gasteiger partial charge on any atom is -0.331 e. The van der Waals surface area contributed by atoms with Crippen molar-refractivity contribution in [2.24, 2.45) is 7.05 Å². The second-order valence-electron chi connectivity index (χ2n) is 4.98. The van der Waals surface area contributed by atoms with Crippen LogP contribution >= 0.6 is 15.9 Å². The zero-order chi connectivity index (χ0) is 13.4. The standard InChI is InChI=1S/C13H15BrN4O/c1-18-7-15-6-9(18)12-16-11(8-4-2-3-5-8)10(14)13(19)17-12/h6-8H,2-5H2,1H3,(H,16,17,19). The number of nitrogens with zero attached hydrogens (tertiary/aromatic N) is 3. The van der Waals surface area contributed by atoms with Crippen molar-refractivity contribution < 1.29 is 0 Å². The number of nitrogens with one attached hydrogen (secondary N) is 1. The van der Waals surface area contributed by atoms with Gasteiger partial charge in [0.05, 0.1) is 18.2 Å². The number of aryl methyl sites for hydroxylation is 1. The monoisotopic (exact) mass is 322 g/mol. The molecule has 1 aliphatic rings. The van der Waals surface area contributed by atoms with E-state index in [1.165, 1.54) is 12.8 Å². The third-order valence-corrected chi connectivity index (χ3v) is 4.46. The fraction of sp³-hybridized carbons (Fsp3) is 0.462. The molecular weight excluding hydrogens is 308 g/mol. The van der Waals surface area contributed by atoms with Gasteiger partial charge in [0.25, 0.3) is 5.56 Å². The maximum Gasteiger partial charge on any atom is 0.265 e. The summed E-state index contributed by atoms with van der Waals surface area (Å²) in [7, 11) is 1.89. The van der Waals surface area contributed by atoms with Crippen molar-refractivity contribution >= 4 is 15.9 Å². The highest BCUT2D eigenvalue weighted by atomic mass is 79.9. The zero-order valence-electron chi connectivity index (χ0n) is 10.7. The number of hydrogen-bond donors (Lipinski definition) is 1. The molecule has 100 valence electrons. The number of halogens is 1. The molecule has 1 fully saturated rings. The van der Waals surface area contributed by atoms with Gasteiger partial charge < -0.3 is 9.55 Å². The lowest BCUT2D eigenvalue weighted by molar-refractivity contribution is 0.687. The van der Waals surface area contributed by atoms with Crippen molar-refractivity contribution in [1.82, 2.24) is 19.5 Å². The summed E-state index contributed by atoms with van der Waals surface area (Å²) >= 11 is 3.38. The van der Waals surface area contributed by atoms with Gasteiger partial charge in [0.1, 0.15) is 10.2 Å². The molecular formula is C13H15BrN4O. The second kappa shape index (κ2) is 4.92. The summed E-state index contributed by atoms with van der Waals surface area (Å²) in [5.74, 6) is 0.985. The second-order valence-corrected chi connectivity index (χ2v) is 5.78. The van der Waals surface area contributed by atoms with E-state index in [-0.39, 0.29) is 5.56 Å². The molecule has 5 nitrogen and oxygen atoms in total. The van der Waals surface area contributed by atoms with Gasteiger partial charge in [0.15, 0.2) is 5.82 Å². The van der Waals surface area contributed by atoms with E-state index in [2.05, 4.69) is 30.9 Å². The Morgan fingerprint density at radius 3 is 2.79 bits per heavy atom. The topological polar surface area (TPSA) is 63.6 Å². The Hall–Kier alpha value is -1.43. The van der Waals surface area contributed by atoms with Crippen molar-refractivity contribution in [3.63, 3.8) is 0 Å². The average molecular weight is 323 g/mol. The molecule has 1 N–H and O–H groups in total. The Bertz CT molecular complexity index is 655. The third-order valence-electron chi connectivity index (χ3n) is 3.69.